The first-order valence-electron chi connectivity index (χ1n) is 7.56. The smallest absolute Gasteiger partial charge is 0.410 e. The highest BCUT2D eigenvalue weighted by Crippen LogP contribution is 2.18. The van der Waals surface area contributed by atoms with Crippen LogP contribution in [0, 0.1) is 0 Å². The zero-order valence-electron chi connectivity index (χ0n) is 13.2. The fraction of sp³-hybridized carbons (Fsp3) is 0.867. The number of piperidine rings is 1. The molecular formula is C15H28N2O3. The molecule has 0 aromatic rings. The van der Waals surface area contributed by atoms with Gasteiger partial charge < -0.3 is 14.5 Å². The average molecular weight is 284 g/mol. The summed E-state index contributed by atoms with van der Waals surface area (Å²) >= 11 is 0. The summed E-state index contributed by atoms with van der Waals surface area (Å²) in [4.78, 5) is 26.7. The molecule has 0 saturated carbocycles. The second kappa shape index (κ2) is 7.50. The van der Waals surface area contributed by atoms with E-state index in [1.54, 1.807) is 4.90 Å². The largest absolute Gasteiger partial charge is 0.444 e. The fourth-order valence-electron chi connectivity index (χ4n) is 2.37. The van der Waals surface area contributed by atoms with Crippen molar-refractivity contribution in [1.82, 2.24) is 9.80 Å². The van der Waals surface area contributed by atoms with E-state index in [-0.39, 0.29) is 12.1 Å². The van der Waals surface area contributed by atoms with E-state index in [9.17, 15) is 9.59 Å². The van der Waals surface area contributed by atoms with E-state index < -0.39 is 5.60 Å². The fourth-order valence-corrected chi connectivity index (χ4v) is 2.37. The SMILES string of the molecule is CCCCN(C=O)C1CCN(C(=O)OC(C)(C)C)CC1. The summed E-state index contributed by atoms with van der Waals surface area (Å²) in [5.41, 5.74) is -0.454. The normalized spacial score (nSPS) is 16.9. The Balaban J connectivity index is 2.42. The highest BCUT2D eigenvalue weighted by atomic mass is 16.6. The van der Waals surface area contributed by atoms with Crippen LogP contribution in [0.3, 0.4) is 0 Å². The first kappa shape index (κ1) is 16.8. The van der Waals surface area contributed by atoms with Gasteiger partial charge in [0, 0.05) is 25.7 Å². The summed E-state index contributed by atoms with van der Waals surface area (Å²) in [5, 5.41) is 0. The minimum Gasteiger partial charge on any atom is -0.444 e. The molecule has 0 radical (unpaired) electrons. The summed E-state index contributed by atoms with van der Waals surface area (Å²) in [6.45, 7) is 9.88. The highest BCUT2D eigenvalue weighted by molar-refractivity contribution is 5.68. The zero-order chi connectivity index (χ0) is 15.2. The van der Waals surface area contributed by atoms with E-state index in [4.69, 9.17) is 4.74 Å². The van der Waals surface area contributed by atoms with E-state index in [0.29, 0.717) is 13.1 Å². The van der Waals surface area contributed by atoms with Crippen LogP contribution in [-0.4, -0.2) is 53.6 Å². The first-order chi connectivity index (χ1) is 9.37. The molecule has 0 unspecified atom stereocenters. The van der Waals surface area contributed by atoms with Crippen molar-refractivity contribution in [2.45, 2.75) is 65.0 Å². The number of hydrogen-bond acceptors (Lipinski definition) is 3. The Bertz CT molecular complexity index is 318. The number of likely N-dealkylation sites (tertiary alicyclic amines) is 1. The average Bonchev–Trinajstić information content (AvgIpc) is 2.38. The second-order valence-corrected chi connectivity index (χ2v) is 6.40. The van der Waals surface area contributed by atoms with Gasteiger partial charge in [-0.2, -0.15) is 0 Å². The molecule has 5 heteroatoms. The van der Waals surface area contributed by atoms with Crippen molar-refractivity contribution >= 4 is 12.5 Å². The molecule has 0 spiro atoms. The van der Waals surface area contributed by atoms with Gasteiger partial charge in [0.2, 0.25) is 6.41 Å². The summed E-state index contributed by atoms with van der Waals surface area (Å²) in [6.07, 6.45) is 4.49. The molecular weight excluding hydrogens is 256 g/mol. The second-order valence-electron chi connectivity index (χ2n) is 6.40. The minimum atomic E-state index is -0.454. The number of rotatable bonds is 5. The van der Waals surface area contributed by atoms with E-state index in [2.05, 4.69) is 6.92 Å². The molecule has 116 valence electrons. The van der Waals surface area contributed by atoms with Crippen molar-refractivity contribution in [3.05, 3.63) is 0 Å². The Hall–Kier alpha value is -1.26. The maximum absolute atomic E-state index is 12.0. The van der Waals surface area contributed by atoms with Gasteiger partial charge in [-0.15, -0.1) is 0 Å². The lowest BCUT2D eigenvalue weighted by molar-refractivity contribution is -0.121. The number of ether oxygens (including phenoxy) is 1. The molecule has 0 aromatic carbocycles. The number of hydrogen-bond donors (Lipinski definition) is 0. The third-order valence-corrected chi connectivity index (χ3v) is 3.49. The van der Waals surface area contributed by atoms with E-state index in [1.165, 1.54) is 0 Å². The number of carbonyl (C=O) groups excluding carboxylic acids is 2. The Morgan fingerprint density at radius 2 is 1.95 bits per heavy atom. The van der Waals surface area contributed by atoms with Gasteiger partial charge in [0.05, 0.1) is 0 Å². The molecule has 5 nitrogen and oxygen atoms in total. The zero-order valence-corrected chi connectivity index (χ0v) is 13.2. The van der Waals surface area contributed by atoms with Crippen LogP contribution < -0.4 is 0 Å². The lowest BCUT2D eigenvalue weighted by atomic mass is 10.0. The molecule has 0 atom stereocenters. The van der Waals surface area contributed by atoms with Gasteiger partial charge in [-0.1, -0.05) is 13.3 Å². The molecule has 0 N–H and O–H groups in total. The van der Waals surface area contributed by atoms with Gasteiger partial charge in [-0.05, 0) is 40.0 Å². The van der Waals surface area contributed by atoms with Crippen molar-refractivity contribution in [2.24, 2.45) is 0 Å². The summed E-state index contributed by atoms with van der Waals surface area (Å²) in [5.74, 6) is 0. The number of unbranched alkanes of at least 4 members (excludes halogenated alkanes) is 1. The van der Waals surface area contributed by atoms with Crippen LogP contribution in [-0.2, 0) is 9.53 Å². The van der Waals surface area contributed by atoms with Crippen LogP contribution in [0.2, 0.25) is 0 Å². The van der Waals surface area contributed by atoms with Crippen molar-refractivity contribution in [2.75, 3.05) is 19.6 Å². The molecule has 1 aliphatic rings. The maximum Gasteiger partial charge on any atom is 0.410 e. The third-order valence-electron chi connectivity index (χ3n) is 3.49. The Labute approximate surface area is 122 Å². The number of carbonyl (C=O) groups is 2. The van der Waals surface area contributed by atoms with Crippen molar-refractivity contribution in [3.8, 4) is 0 Å². The third kappa shape index (κ3) is 5.39. The molecule has 1 fully saturated rings. The van der Waals surface area contributed by atoms with Gasteiger partial charge in [-0.25, -0.2) is 4.79 Å². The van der Waals surface area contributed by atoms with E-state index >= 15 is 0 Å². The highest BCUT2D eigenvalue weighted by Gasteiger charge is 2.28. The molecule has 20 heavy (non-hydrogen) atoms. The summed E-state index contributed by atoms with van der Waals surface area (Å²) in [6, 6.07) is 0.262. The standard InChI is InChI=1S/C15H28N2O3/c1-5-6-9-17(12-18)13-7-10-16(11-8-13)14(19)20-15(2,3)4/h12-13H,5-11H2,1-4H3. The topological polar surface area (TPSA) is 49.9 Å². The van der Waals surface area contributed by atoms with Crippen molar-refractivity contribution in [3.63, 3.8) is 0 Å². The summed E-state index contributed by atoms with van der Waals surface area (Å²) in [7, 11) is 0. The predicted octanol–water partition coefficient (Wildman–Crippen LogP) is 2.64. The molecule has 1 saturated heterocycles. The molecule has 1 rings (SSSR count). The van der Waals surface area contributed by atoms with E-state index in [0.717, 1.165) is 38.6 Å². The lowest BCUT2D eigenvalue weighted by Gasteiger charge is -2.37. The van der Waals surface area contributed by atoms with Crippen molar-refractivity contribution < 1.29 is 14.3 Å². The van der Waals surface area contributed by atoms with Gasteiger partial charge in [-0.3, -0.25) is 4.79 Å². The maximum atomic E-state index is 12.0. The predicted molar refractivity (Wildman–Crippen MR) is 78.5 cm³/mol. The Morgan fingerprint density at radius 1 is 1.35 bits per heavy atom. The minimum absolute atomic E-state index is 0.248. The monoisotopic (exact) mass is 284 g/mol. The number of nitrogens with zero attached hydrogens (tertiary/aromatic N) is 2. The summed E-state index contributed by atoms with van der Waals surface area (Å²) < 4.78 is 5.37. The molecule has 0 bridgehead atoms. The quantitative estimate of drug-likeness (QED) is 0.729. The van der Waals surface area contributed by atoms with Crippen LogP contribution in [0.5, 0.6) is 0 Å². The van der Waals surface area contributed by atoms with E-state index in [1.807, 2.05) is 25.7 Å². The van der Waals surface area contributed by atoms with Gasteiger partial charge in [0.25, 0.3) is 0 Å². The van der Waals surface area contributed by atoms with Crippen LogP contribution in [0.15, 0.2) is 0 Å². The molecule has 1 heterocycles. The number of amides is 2. The Morgan fingerprint density at radius 3 is 2.40 bits per heavy atom. The van der Waals surface area contributed by atoms with Crippen molar-refractivity contribution in [1.29, 1.82) is 0 Å². The first-order valence-corrected chi connectivity index (χ1v) is 7.56. The van der Waals surface area contributed by atoms with Gasteiger partial charge in [0.1, 0.15) is 5.60 Å². The lowest BCUT2D eigenvalue weighted by Crippen LogP contribution is -2.47. The van der Waals surface area contributed by atoms with Crippen LogP contribution in [0.1, 0.15) is 53.4 Å². The van der Waals surface area contributed by atoms with Gasteiger partial charge >= 0.3 is 6.09 Å². The molecule has 2 amide bonds. The van der Waals surface area contributed by atoms with Crippen LogP contribution in [0.4, 0.5) is 4.79 Å². The van der Waals surface area contributed by atoms with Crippen LogP contribution in [0.25, 0.3) is 0 Å². The van der Waals surface area contributed by atoms with Crippen LogP contribution >= 0.6 is 0 Å². The molecule has 1 aliphatic heterocycles. The van der Waals surface area contributed by atoms with Gasteiger partial charge in [0.15, 0.2) is 0 Å². The Kier molecular flexibility index (Phi) is 6.30. The molecule has 0 aliphatic carbocycles. The molecule has 0 aromatic heterocycles.